The van der Waals surface area contributed by atoms with Gasteiger partial charge in [-0.25, -0.2) is 4.57 Å². The Balaban J connectivity index is 1.42. The molecule has 3 aromatic rings. The van der Waals surface area contributed by atoms with Gasteiger partial charge in [-0.3, -0.25) is 14.6 Å². The van der Waals surface area contributed by atoms with Crippen LogP contribution in [0.1, 0.15) is 47.8 Å². The Bertz CT molecular complexity index is 1200. The van der Waals surface area contributed by atoms with Crippen LogP contribution in [0.5, 0.6) is 11.5 Å². The zero-order valence-corrected chi connectivity index (χ0v) is 22.0. The Kier molecular flexibility index (Phi) is 8.86. The maximum absolute atomic E-state index is 12.8. The van der Waals surface area contributed by atoms with Crippen molar-refractivity contribution in [3.8, 4) is 11.5 Å². The minimum absolute atomic E-state index is 0.0199. The molecule has 0 bridgehead atoms. The fourth-order valence-corrected chi connectivity index (χ4v) is 6.25. The highest BCUT2D eigenvalue weighted by Crippen LogP contribution is 2.46. The lowest BCUT2D eigenvalue weighted by Gasteiger charge is -2.35. The molecule has 1 aliphatic carbocycles. The van der Waals surface area contributed by atoms with Crippen molar-refractivity contribution in [3.05, 3.63) is 81.5 Å². The van der Waals surface area contributed by atoms with E-state index in [-0.39, 0.29) is 12.2 Å². The third-order valence-electron chi connectivity index (χ3n) is 6.36. The Morgan fingerprint density at radius 1 is 1.14 bits per heavy atom. The average molecular weight is 530 g/mol. The summed E-state index contributed by atoms with van der Waals surface area (Å²) in [6.07, 6.45) is 4.07. The van der Waals surface area contributed by atoms with E-state index in [9.17, 15) is 14.3 Å². The zero-order chi connectivity index (χ0) is 25.5. The maximum atomic E-state index is 12.8. The summed E-state index contributed by atoms with van der Waals surface area (Å²) in [5.41, 5.74) is 2.91. The number of rotatable bonds is 12. The average Bonchev–Trinajstić information content (AvgIpc) is 3.36. The van der Waals surface area contributed by atoms with E-state index in [1.807, 2.05) is 6.07 Å². The van der Waals surface area contributed by atoms with Gasteiger partial charge in [0, 0.05) is 23.9 Å². The van der Waals surface area contributed by atoms with Crippen molar-refractivity contribution in [1.82, 2.24) is 4.90 Å². The van der Waals surface area contributed by atoms with Gasteiger partial charge in [0.25, 0.3) is 0 Å². The molecule has 2 atom stereocenters. The predicted molar refractivity (Wildman–Crippen MR) is 141 cm³/mol. The summed E-state index contributed by atoms with van der Waals surface area (Å²) in [5, 5.41) is 10.9. The van der Waals surface area contributed by atoms with Crippen molar-refractivity contribution in [2.75, 3.05) is 6.54 Å². The number of benzene rings is 2. The van der Waals surface area contributed by atoms with Gasteiger partial charge in [-0.15, -0.1) is 11.3 Å². The third-order valence-corrected chi connectivity index (χ3v) is 8.09. The first kappa shape index (κ1) is 26.4. The molecule has 2 unspecified atom stereocenters. The fraction of sp³-hybridized carbons (Fsp3) is 0.370. The van der Waals surface area contributed by atoms with Gasteiger partial charge < -0.3 is 14.2 Å². The SMILES string of the molecule is CCCN(Cc1cccs1)C1CCc2c(cccc2OP(=O)(O)Oc2ccc(CCC(=O)O)cc2)C1. The molecule has 0 fully saturated rings. The van der Waals surface area contributed by atoms with Crippen LogP contribution in [0.4, 0.5) is 0 Å². The molecular weight excluding hydrogens is 497 g/mol. The van der Waals surface area contributed by atoms with E-state index in [0.29, 0.717) is 18.2 Å². The van der Waals surface area contributed by atoms with Crippen LogP contribution in [0.25, 0.3) is 0 Å². The van der Waals surface area contributed by atoms with Crippen molar-refractivity contribution < 1.29 is 28.4 Å². The number of fused-ring (bicyclic) bond motifs is 1. The Hall–Kier alpha value is -2.64. The summed E-state index contributed by atoms with van der Waals surface area (Å²) in [6, 6.07) is 16.8. The normalized spacial score (nSPS) is 16.8. The molecule has 9 heteroatoms. The second-order valence-corrected chi connectivity index (χ2v) is 11.4. The number of hydrogen-bond acceptors (Lipinski definition) is 6. The van der Waals surface area contributed by atoms with Gasteiger partial charge in [-0.2, -0.15) is 0 Å². The number of aryl methyl sites for hydroxylation is 1. The number of hydrogen-bond donors (Lipinski definition) is 2. The van der Waals surface area contributed by atoms with E-state index in [1.54, 1.807) is 41.7 Å². The molecule has 0 amide bonds. The number of carboxylic acid groups (broad SMARTS) is 1. The highest BCUT2D eigenvalue weighted by atomic mass is 32.1. The van der Waals surface area contributed by atoms with Gasteiger partial charge in [0.2, 0.25) is 0 Å². The molecule has 0 radical (unpaired) electrons. The lowest BCUT2D eigenvalue weighted by molar-refractivity contribution is -0.136. The van der Waals surface area contributed by atoms with E-state index in [2.05, 4.69) is 35.4 Å². The standard InChI is InChI=1S/C27H32NO6PS/c1-2-16-28(19-24-6-4-17-36-24)22-11-14-25-21(18-22)5-3-7-26(25)34-35(31,32)33-23-12-8-20(9-13-23)10-15-27(29)30/h3-9,12-13,17,22H,2,10-11,14-16,18-19H2,1H3,(H,29,30)(H,31,32). The monoisotopic (exact) mass is 529 g/mol. The van der Waals surface area contributed by atoms with Crippen molar-refractivity contribution in [1.29, 1.82) is 0 Å². The first-order valence-corrected chi connectivity index (χ1v) is 14.6. The number of phosphoric acid groups is 1. The number of carboxylic acids is 1. The Morgan fingerprint density at radius 3 is 2.64 bits per heavy atom. The molecule has 0 spiro atoms. The summed E-state index contributed by atoms with van der Waals surface area (Å²) < 4.78 is 23.6. The molecular formula is C27H32NO6PS. The first-order valence-electron chi connectivity index (χ1n) is 12.2. The van der Waals surface area contributed by atoms with E-state index in [4.69, 9.17) is 14.2 Å². The Labute approximate surface area is 215 Å². The summed E-state index contributed by atoms with van der Waals surface area (Å²) >= 11 is 1.78. The summed E-state index contributed by atoms with van der Waals surface area (Å²) in [7, 11) is -4.42. The number of nitrogens with zero attached hydrogens (tertiary/aromatic N) is 1. The van der Waals surface area contributed by atoms with Crippen LogP contribution >= 0.6 is 19.2 Å². The number of thiophene rings is 1. The van der Waals surface area contributed by atoms with Crippen LogP contribution in [0, 0.1) is 0 Å². The highest BCUT2D eigenvalue weighted by molar-refractivity contribution is 7.48. The first-order chi connectivity index (χ1) is 17.3. The second-order valence-electron chi connectivity index (χ2n) is 9.03. The number of phosphoric ester groups is 1. The fourth-order valence-electron chi connectivity index (χ4n) is 4.68. The maximum Gasteiger partial charge on any atom is 0.584 e. The molecule has 0 saturated heterocycles. The quantitative estimate of drug-likeness (QED) is 0.274. The van der Waals surface area contributed by atoms with E-state index in [0.717, 1.165) is 55.5 Å². The van der Waals surface area contributed by atoms with E-state index >= 15 is 0 Å². The van der Waals surface area contributed by atoms with Crippen LogP contribution in [0.3, 0.4) is 0 Å². The number of aliphatic carboxylic acids is 1. The second kappa shape index (κ2) is 12.1. The van der Waals surface area contributed by atoms with Gasteiger partial charge in [0.1, 0.15) is 11.5 Å². The molecule has 0 aliphatic heterocycles. The molecule has 7 nitrogen and oxygen atoms in total. The topological polar surface area (TPSA) is 96.3 Å². The zero-order valence-electron chi connectivity index (χ0n) is 20.3. The van der Waals surface area contributed by atoms with E-state index in [1.165, 1.54) is 4.88 Å². The lowest BCUT2D eigenvalue weighted by atomic mass is 9.86. The molecule has 1 heterocycles. The number of carbonyl (C=O) groups is 1. The lowest BCUT2D eigenvalue weighted by Crippen LogP contribution is -2.39. The van der Waals surface area contributed by atoms with Crippen LogP contribution in [0.15, 0.2) is 60.0 Å². The molecule has 192 valence electrons. The van der Waals surface area contributed by atoms with Crippen LogP contribution in [-0.4, -0.2) is 33.5 Å². The van der Waals surface area contributed by atoms with Gasteiger partial charge in [-0.1, -0.05) is 37.3 Å². The van der Waals surface area contributed by atoms with Gasteiger partial charge in [-0.05, 0) is 85.0 Å². The van der Waals surface area contributed by atoms with Crippen molar-refractivity contribution >= 4 is 25.1 Å². The molecule has 2 N–H and O–H groups in total. The Morgan fingerprint density at radius 2 is 1.94 bits per heavy atom. The molecule has 36 heavy (non-hydrogen) atoms. The summed E-state index contributed by atoms with van der Waals surface area (Å²) in [6.45, 7) is 4.17. The van der Waals surface area contributed by atoms with Crippen LogP contribution in [0.2, 0.25) is 0 Å². The van der Waals surface area contributed by atoms with Crippen molar-refractivity contribution in [2.45, 2.75) is 58.0 Å². The molecule has 4 rings (SSSR count). The van der Waals surface area contributed by atoms with Crippen LogP contribution < -0.4 is 9.05 Å². The molecule has 1 aliphatic rings. The third kappa shape index (κ3) is 7.20. The minimum Gasteiger partial charge on any atom is -0.481 e. The van der Waals surface area contributed by atoms with Crippen molar-refractivity contribution in [3.63, 3.8) is 0 Å². The largest absolute Gasteiger partial charge is 0.584 e. The molecule has 2 aromatic carbocycles. The molecule has 0 saturated carbocycles. The van der Waals surface area contributed by atoms with Gasteiger partial charge >= 0.3 is 13.8 Å². The summed E-state index contributed by atoms with van der Waals surface area (Å²) in [5.74, 6) is -0.301. The minimum atomic E-state index is -4.42. The van der Waals surface area contributed by atoms with E-state index < -0.39 is 13.8 Å². The smallest absolute Gasteiger partial charge is 0.481 e. The van der Waals surface area contributed by atoms with Crippen LogP contribution in [-0.2, 0) is 35.2 Å². The van der Waals surface area contributed by atoms with Crippen molar-refractivity contribution in [2.24, 2.45) is 0 Å². The molecule has 1 aromatic heterocycles. The van der Waals surface area contributed by atoms with Gasteiger partial charge in [0.05, 0.1) is 0 Å². The predicted octanol–water partition coefficient (Wildman–Crippen LogP) is 6.09. The highest BCUT2D eigenvalue weighted by Gasteiger charge is 2.30. The van der Waals surface area contributed by atoms with Gasteiger partial charge in [0.15, 0.2) is 0 Å². The summed E-state index contributed by atoms with van der Waals surface area (Å²) in [4.78, 5) is 25.1.